The van der Waals surface area contributed by atoms with Crippen molar-refractivity contribution < 1.29 is 9.90 Å². The lowest BCUT2D eigenvalue weighted by atomic mass is 10.0. The number of phenolic OH excluding ortho intramolecular Hbond substituents is 1. The molecule has 0 aromatic heterocycles. The number of phenols is 1. The van der Waals surface area contributed by atoms with Gasteiger partial charge in [0.05, 0.1) is 0 Å². The van der Waals surface area contributed by atoms with E-state index in [1.54, 1.807) is 12.1 Å². The smallest absolute Gasteiger partial charge is 0.207 e. The SMILES string of the molecule is Cc1cc(O)ccc1CC(C)NC=O. The fourth-order valence-electron chi connectivity index (χ4n) is 1.41. The average Bonchev–Trinajstić information content (AvgIpc) is 2.10. The van der Waals surface area contributed by atoms with Crippen LogP contribution in [0.1, 0.15) is 18.1 Å². The molecule has 3 heteroatoms. The Morgan fingerprint density at radius 1 is 1.57 bits per heavy atom. The van der Waals surface area contributed by atoms with E-state index in [2.05, 4.69) is 5.32 Å². The lowest BCUT2D eigenvalue weighted by molar-refractivity contribution is -0.110. The second-order valence-corrected chi connectivity index (χ2v) is 3.50. The zero-order valence-corrected chi connectivity index (χ0v) is 8.45. The molecule has 14 heavy (non-hydrogen) atoms. The molecule has 1 rings (SSSR count). The van der Waals surface area contributed by atoms with Gasteiger partial charge < -0.3 is 10.4 Å². The minimum absolute atomic E-state index is 0.121. The van der Waals surface area contributed by atoms with Gasteiger partial charge >= 0.3 is 0 Å². The van der Waals surface area contributed by atoms with Crippen molar-refractivity contribution in [1.82, 2.24) is 5.32 Å². The molecule has 1 amide bonds. The highest BCUT2D eigenvalue weighted by molar-refractivity contribution is 5.46. The highest BCUT2D eigenvalue weighted by Gasteiger charge is 2.04. The monoisotopic (exact) mass is 193 g/mol. The van der Waals surface area contributed by atoms with Gasteiger partial charge in [0.2, 0.25) is 6.41 Å². The summed E-state index contributed by atoms with van der Waals surface area (Å²) in [6.07, 6.45) is 1.49. The van der Waals surface area contributed by atoms with E-state index in [1.165, 1.54) is 0 Å². The molecular weight excluding hydrogens is 178 g/mol. The third-order valence-corrected chi connectivity index (χ3v) is 2.20. The summed E-state index contributed by atoms with van der Waals surface area (Å²) in [4.78, 5) is 10.2. The molecule has 0 bridgehead atoms. The van der Waals surface area contributed by atoms with E-state index in [1.807, 2.05) is 19.9 Å². The Balaban J connectivity index is 2.71. The molecule has 1 unspecified atom stereocenters. The quantitative estimate of drug-likeness (QED) is 0.710. The van der Waals surface area contributed by atoms with Gasteiger partial charge in [-0.3, -0.25) is 4.79 Å². The van der Waals surface area contributed by atoms with Crippen molar-refractivity contribution in [2.75, 3.05) is 0 Å². The highest BCUT2D eigenvalue weighted by Crippen LogP contribution is 2.16. The second kappa shape index (κ2) is 4.65. The van der Waals surface area contributed by atoms with E-state index in [0.717, 1.165) is 17.5 Å². The van der Waals surface area contributed by atoms with Crippen LogP contribution >= 0.6 is 0 Å². The number of carbonyl (C=O) groups is 1. The van der Waals surface area contributed by atoms with Gasteiger partial charge in [0.15, 0.2) is 0 Å². The van der Waals surface area contributed by atoms with Crippen molar-refractivity contribution in [2.45, 2.75) is 26.3 Å². The number of carbonyl (C=O) groups excluding carboxylic acids is 1. The van der Waals surface area contributed by atoms with Gasteiger partial charge in [-0.15, -0.1) is 0 Å². The van der Waals surface area contributed by atoms with Gasteiger partial charge in [-0.05, 0) is 43.5 Å². The lowest BCUT2D eigenvalue weighted by Crippen LogP contribution is -2.26. The van der Waals surface area contributed by atoms with Crippen LogP contribution in [0.25, 0.3) is 0 Å². The first-order valence-electron chi connectivity index (χ1n) is 4.61. The molecule has 0 aliphatic rings. The molecule has 0 fully saturated rings. The standard InChI is InChI=1S/C11H15NO2/c1-8-5-11(14)4-3-10(8)6-9(2)12-7-13/h3-5,7,9,14H,6H2,1-2H3,(H,12,13). The Labute approximate surface area is 83.8 Å². The summed E-state index contributed by atoms with van der Waals surface area (Å²) in [5.41, 5.74) is 2.19. The molecule has 1 atom stereocenters. The second-order valence-electron chi connectivity index (χ2n) is 3.50. The summed E-state index contributed by atoms with van der Waals surface area (Å²) >= 11 is 0. The Hall–Kier alpha value is -1.51. The minimum atomic E-state index is 0.121. The van der Waals surface area contributed by atoms with Crippen molar-refractivity contribution in [3.8, 4) is 5.75 Å². The average molecular weight is 193 g/mol. The van der Waals surface area contributed by atoms with E-state index in [4.69, 9.17) is 0 Å². The molecule has 76 valence electrons. The van der Waals surface area contributed by atoms with Crippen LogP contribution in [0.2, 0.25) is 0 Å². The van der Waals surface area contributed by atoms with Gasteiger partial charge in [0, 0.05) is 6.04 Å². The van der Waals surface area contributed by atoms with Crippen LogP contribution in [0, 0.1) is 6.92 Å². The van der Waals surface area contributed by atoms with Crippen molar-refractivity contribution in [1.29, 1.82) is 0 Å². The number of benzene rings is 1. The predicted molar refractivity (Wildman–Crippen MR) is 55.2 cm³/mol. The van der Waals surface area contributed by atoms with E-state index >= 15 is 0 Å². The maximum atomic E-state index is 10.2. The van der Waals surface area contributed by atoms with Crippen molar-refractivity contribution in [3.63, 3.8) is 0 Å². The fourth-order valence-corrected chi connectivity index (χ4v) is 1.41. The number of amides is 1. The maximum absolute atomic E-state index is 10.2. The largest absolute Gasteiger partial charge is 0.508 e. The molecule has 0 saturated carbocycles. The van der Waals surface area contributed by atoms with Gasteiger partial charge in [0.1, 0.15) is 5.75 Å². The number of nitrogens with one attached hydrogen (secondary N) is 1. The Morgan fingerprint density at radius 3 is 2.86 bits per heavy atom. The summed E-state index contributed by atoms with van der Waals surface area (Å²) in [6, 6.07) is 5.39. The minimum Gasteiger partial charge on any atom is -0.508 e. The summed E-state index contributed by atoms with van der Waals surface area (Å²) < 4.78 is 0. The van der Waals surface area contributed by atoms with Gasteiger partial charge in [-0.1, -0.05) is 6.07 Å². The van der Waals surface area contributed by atoms with Gasteiger partial charge in [-0.25, -0.2) is 0 Å². The van der Waals surface area contributed by atoms with Crippen LogP contribution in [0.3, 0.4) is 0 Å². The first kappa shape index (κ1) is 10.6. The molecule has 0 spiro atoms. The number of rotatable bonds is 4. The molecule has 0 radical (unpaired) electrons. The molecule has 3 nitrogen and oxygen atoms in total. The lowest BCUT2D eigenvalue weighted by Gasteiger charge is -2.12. The third kappa shape index (κ3) is 2.76. The molecule has 1 aromatic rings. The van der Waals surface area contributed by atoms with Crippen LogP contribution in [0.4, 0.5) is 0 Å². The van der Waals surface area contributed by atoms with Crippen molar-refractivity contribution >= 4 is 6.41 Å². The summed E-state index contributed by atoms with van der Waals surface area (Å²) in [6.45, 7) is 3.89. The normalized spacial score (nSPS) is 12.1. The van der Waals surface area contributed by atoms with Crippen LogP contribution in [0.15, 0.2) is 18.2 Å². The van der Waals surface area contributed by atoms with Crippen LogP contribution in [-0.4, -0.2) is 17.6 Å². The Kier molecular flexibility index (Phi) is 3.51. The Morgan fingerprint density at radius 2 is 2.29 bits per heavy atom. The van der Waals surface area contributed by atoms with Crippen LogP contribution < -0.4 is 5.32 Å². The molecule has 0 heterocycles. The van der Waals surface area contributed by atoms with Crippen LogP contribution in [0.5, 0.6) is 5.75 Å². The predicted octanol–water partition coefficient (Wildman–Crippen LogP) is 1.38. The van der Waals surface area contributed by atoms with Crippen molar-refractivity contribution in [3.05, 3.63) is 29.3 Å². The van der Waals surface area contributed by atoms with E-state index in [-0.39, 0.29) is 11.8 Å². The highest BCUT2D eigenvalue weighted by atomic mass is 16.3. The van der Waals surface area contributed by atoms with Crippen LogP contribution in [-0.2, 0) is 11.2 Å². The zero-order valence-electron chi connectivity index (χ0n) is 8.45. The summed E-state index contributed by atoms with van der Waals surface area (Å²) in [5, 5.41) is 11.9. The van der Waals surface area contributed by atoms with E-state index < -0.39 is 0 Å². The number of hydrogen-bond donors (Lipinski definition) is 2. The van der Waals surface area contributed by atoms with Gasteiger partial charge in [0.25, 0.3) is 0 Å². The van der Waals surface area contributed by atoms with Crippen molar-refractivity contribution in [2.24, 2.45) is 0 Å². The molecule has 0 saturated heterocycles. The topological polar surface area (TPSA) is 49.3 Å². The summed E-state index contributed by atoms with van der Waals surface area (Å²) in [7, 11) is 0. The van der Waals surface area contributed by atoms with E-state index in [9.17, 15) is 9.90 Å². The van der Waals surface area contributed by atoms with E-state index in [0.29, 0.717) is 6.41 Å². The molecular formula is C11H15NO2. The molecule has 2 N–H and O–H groups in total. The molecule has 0 aliphatic carbocycles. The first-order valence-corrected chi connectivity index (χ1v) is 4.61. The number of aromatic hydroxyl groups is 1. The first-order chi connectivity index (χ1) is 6.63. The summed E-state index contributed by atoms with van der Waals surface area (Å²) in [5.74, 6) is 0.280. The fraction of sp³-hybridized carbons (Fsp3) is 0.364. The van der Waals surface area contributed by atoms with Gasteiger partial charge in [-0.2, -0.15) is 0 Å². The zero-order chi connectivity index (χ0) is 10.6. The Bertz CT molecular complexity index is 323. The molecule has 1 aromatic carbocycles. The molecule has 0 aliphatic heterocycles. The maximum Gasteiger partial charge on any atom is 0.207 e. The number of aryl methyl sites for hydroxylation is 1. The number of hydrogen-bond acceptors (Lipinski definition) is 2. The third-order valence-electron chi connectivity index (χ3n) is 2.20.